The van der Waals surface area contributed by atoms with E-state index in [-0.39, 0.29) is 5.91 Å². The maximum Gasteiger partial charge on any atom is 0.251 e. The van der Waals surface area contributed by atoms with E-state index in [1.807, 2.05) is 25.2 Å². The van der Waals surface area contributed by atoms with Gasteiger partial charge in [-0.25, -0.2) is 0 Å². The number of amides is 1. The highest BCUT2D eigenvalue weighted by Crippen LogP contribution is 2.20. The van der Waals surface area contributed by atoms with Gasteiger partial charge in [-0.15, -0.1) is 0 Å². The van der Waals surface area contributed by atoms with Gasteiger partial charge in [0.15, 0.2) is 5.96 Å². The summed E-state index contributed by atoms with van der Waals surface area (Å²) in [6.07, 6.45) is 4.79. The van der Waals surface area contributed by atoms with Crippen molar-refractivity contribution in [2.24, 2.45) is 4.99 Å². The van der Waals surface area contributed by atoms with Crippen molar-refractivity contribution >= 4 is 11.9 Å². The molecule has 1 atom stereocenters. The predicted molar refractivity (Wildman–Crippen MR) is 106 cm³/mol. The highest BCUT2D eigenvalue weighted by molar-refractivity contribution is 5.94. The number of hydrogen-bond donors (Lipinski definition) is 2. The van der Waals surface area contributed by atoms with Crippen LogP contribution in [0.1, 0.15) is 35.2 Å². The third kappa shape index (κ3) is 4.55. The first-order valence-corrected chi connectivity index (χ1v) is 9.72. The number of rotatable bonds is 5. The third-order valence-corrected chi connectivity index (χ3v) is 5.44. The van der Waals surface area contributed by atoms with Crippen LogP contribution in [-0.4, -0.2) is 74.5 Å². The quantitative estimate of drug-likeness (QED) is 0.617. The lowest BCUT2D eigenvalue weighted by Crippen LogP contribution is -2.43. The highest BCUT2D eigenvalue weighted by Gasteiger charge is 2.30. The molecule has 0 aliphatic carbocycles. The normalized spacial score (nSPS) is 21.2. The molecular formula is C20H31N5O. The number of nitrogens with zero attached hydrogens (tertiary/aromatic N) is 3. The van der Waals surface area contributed by atoms with E-state index >= 15 is 0 Å². The minimum Gasteiger partial charge on any atom is -0.356 e. The summed E-state index contributed by atoms with van der Waals surface area (Å²) in [7, 11) is 3.52. The van der Waals surface area contributed by atoms with Crippen molar-refractivity contribution in [3.63, 3.8) is 0 Å². The van der Waals surface area contributed by atoms with Crippen LogP contribution < -0.4 is 10.6 Å². The van der Waals surface area contributed by atoms with Gasteiger partial charge in [0.2, 0.25) is 0 Å². The monoisotopic (exact) mass is 357 g/mol. The summed E-state index contributed by atoms with van der Waals surface area (Å²) in [5.41, 5.74) is 1.87. The van der Waals surface area contributed by atoms with E-state index in [4.69, 9.17) is 0 Å². The molecule has 2 saturated heterocycles. The number of guanidine groups is 1. The van der Waals surface area contributed by atoms with Gasteiger partial charge in [-0.1, -0.05) is 12.1 Å². The van der Waals surface area contributed by atoms with Crippen LogP contribution in [0.4, 0.5) is 0 Å². The van der Waals surface area contributed by atoms with Crippen molar-refractivity contribution in [2.45, 2.75) is 31.7 Å². The first-order chi connectivity index (χ1) is 12.7. The summed E-state index contributed by atoms with van der Waals surface area (Å²) < 4.78 is 0. The van der Waals surface area contributed by atoms with Crippen LogP contribution in [0.3, 0.4) is 0 Å². The van der Waals surface area contributed by atoms with E-state index in [9.17, 15) is 4.79 Å². The van der Waals surface area contributed by atoms with Gasteiger partial charge in [0.25, 0.3) is 5.91 Å². The molecule has 2 heterocycles. The zero-order chi connectivity index (χ0) is 18.4. The largest absolute Gasteiger partial charge is 0.356 e. The van der Waals surface area contributed by atoms with Gasteiger partial charge in [-0.3, -0.25) is 14.7 Å². The van der Waals surface area contributed by atoms with Crippen molar-refractivity contribution in [1.29, 1.82) is 0 Å². The number of nitrogens with one attached hydrogen (secondary N) is 2. The van der Waals surface area contributed by atoms with Crippen molar-refractivity contribution in [3.8, 4) is 0 Å². The van der Waals surface area contributed by atoms with E-state index in [2.05, 4.69) is 31.5 Å². The second-order valence-electron chi connectivity index (χ2n) is 7.14. The van der Waals surface area contributed by atoms with E-state index in [0.29, 0.717) is 11.6 Å². The molecule has 0 bridgehead atoms. The number of aliphatic imine (C=N–C) groups is 1. The fraction of sp³-hybridized carbons (Fsp3) is 0.600. The maximum atomic E-state index is 11.8. The van der Waals surface area contributed by atoms with Crippen LogP contribution in [-0.2, 0) is 6.42 Å². The lowest BCUT2D eigenvalue weighted by atomic mass is 10.1. The second kappa shape index (κ2) is 9.03. The van der Waals surface area contributed by atoms with Crippen LogP contribution in [0.2, 0.25) is 0 Å². The van der Waals surface area contributed by atoms with Crippen LogP contribution in [0.5, 0.6) is 0 Å². The Bertz CT molecular complexity index is 639. The van der Waals surface area contributed by atoms with Crippen molar-refractivity contribution < 1.29 is 4.79 Å². The summed E-state index contributed by atoms with van der Waals surface area (Å²) in [6, 6.07) is 8.49. The molecule has 0 aromatic heterocycles. The summed E-state index contributed by atoms with van der Waals surface area (Å²) in [5, 5.41) is 6.16. The van der Waals surface area contributed by atoms with E-state index in [0.717, 1.165) is 37.6 Å². The Morgan fingerprint density at radius 2 is 2.08 bits per heavy atom. The van der Waals surface area contributed by atoms with Crippen molar-refractivity contribution in [1.82, 2.24) is 20.4 Å². The van der Waals surface area contributed by atoms with Crippen LogP contribution in [0, 0.1) is 0 Å². The van der Waals surface area contributed by atoms with Gasteiger partial charge in [0, 0.05) is 45.3 Å². The van der Waals surface area contributed by atoms with Gasteiger partial charge < -0.3 is 15.5 Å². The summed E-state index contributed by atoms with van der Waals surface area (Å²) in [5.74, 6) is 0.954. The molecule has 3 rings (SSSR count). The molecule has 0 saturated carbocycles. The molecule has 2 fully saturated rings. The Hall–Kier alpha value is -2.08. The number of carbonyl (C=O) groups excluding carboxylic acids is 1. The van der Waals surface area contributed by atoms with Gasteiger partial charge in [0.1, 0.15) is 0 Å². The average Bonchev–Trinajstić information content (AvgIpc) is 3.36. The van der Waals surface area contributed by atoms with Crippen LogP contribution >= 0.6 is 0 Å². The summed E-state index contributed by atoms with van der Waals surface area (Å²) >= 11 is 0. The van der Waals surface area contributed by atoms with E-state index in [1.165, 1.54) is 32.4 Å². The lowest BCUT2D eigenvalue weighted by molar-refractivity contribution is 0.0963. The first-order valence-electron chi connectivity index (χ1n) is 9.72. The summed E-state index contributed by atoms with van der Waals surface area (Å²) in [6.45, 7) is 5.48. The Morgan fingerprint density at radius 3 is 2.81 bits per heavy atom. The van der Waals surface area contributed by atoms with E-state index in [1.54, 1.807) is 7.05 Å². The maximum absolute atomic E-state index is 11.8. The zero-order valence-corrected chi connectivity index (χ0v) is 16.0. The van der Waals surface area contributed by atoms with Gasteiger partial charge in [-0.2, -0.15) is 0 Å². The molecule has 2 aliphatic rings. The Kier molecular flexibility index (Phi) is 6.50. The predicted octanol–water partition coefficient (Wildman–Crippen LogP) is 1.33. The number of carbonyl (C=O) groups is 1. The standard InChI is InChI=1S/C20H31N5O/c1-21-19(26)17-7-5-6-16(14-17)8-10-23-20(22-2)25-13-9-18(15-25)24-11-3-4-12-24/h5-7,14,18H,3-4,8-13,15H2,1-2H3,(H,21,26)(H,22,23). The molecule has 2 N–H and O–H groups in total. The molecule has 0 spiro atoms. The Morgan fingerprint density at radius 1 is 1.27 bits per heavy atom. The lowest BCUT2D eigenvalue weighted by Gasteiger charge is -2.25. The molecule has 142 valence electrons. The molecule has 26 heavy (non-hydrogen) atoms. The number of hydrogen-bond acceptors (Lipinski definition) is 3. The van der Waals surface area contributed by atoms with Crippen LogP contribution in [0.25, 0.3) is 0 Å². The molecular weight excluding hydrogens is 326 g/mol. The molecule has 6 nitrogen and oxygen atoms in total. The van der Waals surface area contributed by atoms with Crippen molar-refractivity contribution in [3.05, 3.63) is 35.4 Å². The SMILES string of the molecule is CN=C(NCCc1cccc(C(=O)NC)c1)N1CCC(N2CCCC2)C1. The first kappa shape index (κ1) is 18.7. The van der Waals surface area contributed by atoms with Crippen molar-refractivity contribution in [2.75, 3.05) is 46.8 Å². The molecule has 1 unspecified atom stereocenters. The topological polar surface area (TPSA) is 60.0 Å². The third-order valence-electron chi connectivity index (χ3n) is 5.44. The highest BCUT2D eigenvalue weighted by atomic mass is 16.1. The Labute approximate surface area is 156 Å². The second-order valence-corrected chi connectivity index (χ2v) is 7.14. The molecule has 1 aromatic rings. The van der Waals surface area contributed by atoms with Gasteiger partial charge in [0.05, 0.1) is 0 Å². The minimum atomic E-state index is -0.0411. The van der Waals surface area contributed by atoms with Gasteiger partial charge in [-0.05, 0) is 56.5 Å². The van der Waals surface area contributed by atoms with E-state index < -0.39 is 0 Å². The molecule has 1 amide bonds. The Balaban J connectivity index is 1.48. The van der Waals surface area contributed by atoms with Crippen LogP contribution in [0.15, 0.2) is 29.3 Å². The zero-order valence-electron chi connectivity index (χ0n) is 16.0. The smallest absolute Gasteiger partial charge is 0.251 e. The molecule has 1 aromatic carbocycles. The fourth-order valence-corrected chi connectivity index (χ4v) is 4.00. The average molecular weight is 358 g/mol. The molecule has 0 radical (unpaired) electrons. The summed E-state index contributed by atoms with van der Waals surface area (Å²) in [4.78, 5) is 21.2. The fourth-order valence-electron chi connectivity index (χ4n) is 4.00. The van der Waals surface area contributed by atoms with Gasteiger partial charge >= 0.3 is 0 Å². The number of likely N-dealkylation sites (tertiary alicyclic amines) is 2. The molecule has 2 aliphatic heterocycles. The minimum absolute atomic E-state index is 0.0411. The number of benzene rings is 1. The molecule has 6 heteroatoms.